The molecule has 2 atom stereocenters. The van der Waals surface area contributed by atoms with Gasteiger partial charge in [-0.1, -0.05) is 19.4 Å². The minimum absolute atomic E-state index is 0.244. The molecule has 1 aliphatic rings. The van der Waals surface area contributed by atoms with E-state index in [2.05, 4.69) is 35.8 Å². The van der Waals surface area contributed by atoms with E-state index in [0.29, 0.717) is 5.92 Å². The lowest BCUT2D eigenvalue weighted by Crippen LogP contribution is -2.47. The van der Waals surface area contributed by atoms with Gasteiger partial charge in [0, 0.05) is 0 Å². The molecule has 4 heteroatoms. The predicted molar refractivity (Wildman–Crippen MR) is 83.6 cm³/mol. The summed E-state index contributed by atoms with van der Waals surface area (Å²) in [6, 6.07) is 6.87. The molecular weight excluding hydrogens is 272 g/mol. The predicted octanol–water partition coefficient (Wildman–Crippen LogP) is 4.29. The molecule has 1 aromatic rings. The SMILES string of the molecule is CCCNC1(C#N)CCCC1CCSc1cccs1. The first-order valence-corrected chi connectivity index (χ1v) is 9.00. The minimum Gasteiger partial charge on any atom is -0.299 e. The highest BCUT2D eigenvalue weighted by Crippen LogP contribution is 2.39. The maximum Gasteiger partial charge on any atom is 0.109 e. The van der Waals surface area contributed by atoms with E-state index in [-0.39, 0.29) is 5.54 Å². The van der Waals surface area contributed by atoms with Crippen LogP contribution in [0.25, 0.3) is 0 Å². The fourth-order valence-electron chi connectivity index (χ4n) is 2.88. The molecule has 0 amide bonds. The second-order valence-electron chi connectivity index (χ2n) is 5.17. The van der Waals surface area contributed by atoms with Gasteiger partial charge in [0.2, 0.25) is 0 Å². The summed E-state index contributed by atoms with van der Waals surface area (Å²) >= 11 is 3.74. The van der Waals surface area contributed by atoms with Crippen LogP contribution in [0.3, 0.4) is 0 Å². The zero-order chi connectivity index (χ0) is 13.6. The van der Waals surface area contributed by atoms with Gasteiger partial charge in [0.25, 0.3) is 0 Å². The van der Waals surface area contributed by atoms with Crippen molar-refractivity contribution >= 4 is 23.1 Å². The molecule has 0 aromatic carbocycles. The van der Waals surface area contributed by atoms with Crippen molar-refractivity contribution in [3.8, 4) is 6.07 Å². The Balaban J connectivity index is 1.85. The van der Waals surface area contributed by atoms with Gasteiger partial charge in [0.15, 0.2) is 0 Å². The third kappa shape index (κ3) is 3.75. The smallest absolute Gasteiger partial charge is 0.109 e. The fraction of sp³-hybridized carbons (Fsp3) is 0.667. The lowest BCUT2D eigenvalue weighted by Gasteiger charge is -2.29. The summed E-state index contributed by atoms with van der Waals surface area (Å²) in [5, 5.41) is 15.2. The molecule has 0 radical (unpaired) electrons. The van der Waals surface area contributed by atoms with Gasteiger partial charge in [-0.05, 0) is 55.3 Å². The lowest BCUT2D eigenvalue weighted by molar-refractivity contribution is 0.311. The standard InChI is InChI=1S/C15H22N2S2/c1-2-9-17-15(12-16)8-3-5-13(15)7-11-19-14-6-4-10-18-14/h4,6,10,13,17H,2-3,5,7-9,11H2,1H3. The van der Waals surface area contributed by atoms with Gasteiger partial charge in [-0.2, -0.15) is 5.26 Å². The Hall–Kier alpha value is -0.500. The van der Waals surface area contributed by atoms with Gasteiger partial charge in [0.05, 0.1) is 10.3 Å². The van der Waals surface area contributed by atoms with Crippen LogP contribution in [0.4, 0.5) is 0 Å². The molecule has 2 rings (SSSR count). The van der Waals surface area contributed by atoms with Crippen LogP contribution < -0.4 is 5.32 Å². The van der Waals surface area contributed by atoms with Crippen molar-refractivity contribution in [2.24, 2.45) is 5.92 Å². The van der Waals surface area contributed by atoms with Crippen LogP contribution in [0.5, 0.6) is 0 Å². The molecule has 0 aliphatic heterocycles. The normalized spacial score (nSPS) is 26.4. The Bertz CT molecular complexity index is 410. The Kier molecular flexibility index (Phi) is 5.75. The highest BCUT2D eigenvalue weighted by atomic mass is 32.2. The number of nitriles is 1. The molecule has 1 aliphatic carbocycles. The average molecular weight is 294 g/mol. The van der Waals surface area contributed by atoms with Crippen LogP contribution in [0.2, 0.25) is 0 Å². The summed E-state index contributed by atoms with van der Waals surface area (Å²) in [6.45, 7) is 3.12. The third-order valence-electron chi connectivity index (χ3n) is 3.92. The maximum absolute atomic E-state index is 9.58. The monoisotopic (exact) mass is 294 g/mol. The summed E-state index contributed by atoms with van der Waals surface area (Å²) in [5.41, 5.74) is -0.244. The van der Waals surface area contributed by atoms with Gasteiger partial charge in [-0.15, -0.1) is 23.1 Å². The van der Waals surface area contributed by atoms with Gasteiger partial charge in [-0.25, -0.2) is 0 Å². The summed E-state index contributed by atoms with van der Waals surface area (Å²) in [6.07, 6.45) is 5.67. The molecule has 2 nitrogen and oxygen atoms in total. The second-order valence-corrected chi connectivity index (χ2v) is 7.51. The second kappa shape index (κ2) is 7.33. The van der Waals surface area contributed by atoms with Gasteiger partial charge < -0.3 is 0 Å². The first-order valence-electron chi connectivity index (χ1n) is 7.13. The number of hydrogen-bond donors (Lipinski definition) is 1. The molecule has 1 saturated carbocycles. The van der Waals surface area contributed by atoms with Gasteiger partial charge in [-0.3, -0.25) is 5.32 Å². The maximum atomic E-state index is 9.58. The van der Waals surface area contributed by atoms with Crippen LogP contribution in [0.1, 0.15) is 39.0 Å². The third-order valence-corrected chi connectivity index (χ3v) is 6.08. The van der Waals surface area contributed by atoms with Crippen molar-refractivity contribution in [2.45, 2.75) is 48.8 Å². The first kappa shape index (κ1) is 14.9. The number of thioether (sulfide) groups is 1. The van der Waals surface area contributed by atoms with E-state index in [0.717, 1.165) is 31.6 Å². The summed E-state index contributed by atoms with van der Waals surface area (Å²) in [5.74, 6) is 1.65. The Morgan fingerprint density at radius 2 is 2.53 bits per heavy atom. The van der Waals surface area contributed by atoms with E-state index in [9.17, 15) is 5.26 Å². The largest absolute Gasteiger partial charge is 0.299 e. The van der Waals surface area contributed by atoms with E-state index in [4.69, 9.17) is 0 Å². The van der Waals surface area contributed by atoms with E-state index in [1.807, 2.05) is 23.1 Å². The Morgan fingerprint density at radius 3 is 3.21 bits per heavy atom. The van der Waals surface area contributed by atoms with E-state index in [1.165, 1.54) is 17.1 Å². The lowest BCUT2D eigenvalue weighted by atomic mass is 9.86. The van der Waals surface area contributed by atoms with E-state index >= 15 is 0 Å². The van der Waals surface area contributed by atoms with Crippen molar-refractivity contribution in [3.05, 3.63) is 17.5 Å². The minimum atomic E-state index is -0.244. The highest BCUT2D eigenvalue weighted by Gasteiger charge is 2.42. The first-order chi connectivity index (χ1) is 9.30. The molecule has 0 saturated heterocycles. The molecule has 2 unspecified atom stereocenters. The number of hydrogen-bond acceptors (Lipinski definition) is 4. The van der Waals surface area contributed by atoms with Crippen molar-refractivity contribution < 1.29 is 0 Å². The van der Waals surface area contributed by atoms with Crippen LogP contribution in [-0.4, -0.2) is 17.8 Å². The van der Waals surface area contributed by atoms with E-state index < -0.39 is 0 Å². The van der Waals surface area contributed by atoms with Crippen molar-refractivity contribution in [1.29, 1.82) is 5.26 Å². The topological polar surface area (TPSA) is 35.8 Å². The molecule has 0 spiro atoms. The molecule has 1 aromatic heterocycles. The van der Waals surface area contributed by atoms with Crippen LogP contribution in [-0.2, 0) is 0 Å². The summed E-state index contributed by atoms with van der Waals surface area (Å²) in [4.78, 5) is 0. The summed E-state index contributed by atoms with van der Waals surface area (Å²) < 4.78 is 1.39. The molecule has 0 bridgehead atoms. The van der Waals surface area contributed by atoms with Crippen LogP contribution >= 0.6 is 23.1 Å². The van der Waals surface area contributed by atoms with Crippen LogP contribution in [0.15, 0.2) is 21.7 Å². The molecule has 1 N–H and O–H groups in total. The Labute approximate surface area is 124 Å². The molecular formula is C15H22N2S2. The molecule has 1 heterocycles. The number of nitrogens with zero attached hydrogens (tertiary/aromatic N) is 1. The van der Waals surface area contributed by atoms with Crippen molar-refractivity contribution in [3.63, 3.8) is 0 Å². The molecule has 1 fully saturated rings. The van der Waals surface area contributed by atoms with Crippen LogP contribution in [0, 0.1) is 17.2 Å². The number of rotatable bonds is 7. The van der Waals surface area contributed by atoms with Gasteiger partial charge >= 0.3 is 0 Å². The average Bonchev–Trinajstić information content (AvgIpc) is 3.07. The van der Waals surface area contributed by atoms with Gasteiger partial charge in [0.1, 0.15) is 5.54 Å². The highest BCUT2D eigenvalue weighted by molar-refractivity contribution is 8.01. The molecule has 104 valence electrons. The zero-order valence-electron chi connectivity index (χ0n) is 11.5. The number of thiophene rings is 1. The van der Waals surface area contributed by atoms with Crippen molar-refractivity contribution in [2.75, 3.05) is 12.3 Å². The molecule has 19 heavy (non-hydrogen) atoms. The Morgan fingerprint density at radius 1 is 1.63 bits per heavy atom. The quantitative estimate of drug-likeness (QED) is 0.762. The number of nitrogens with one attached hydrogen (secondary N) is 1. The fourth-order valence-corrected chi connectivity index (χ4v) is 4.80. The van der Waals surface area contributed by atoms with E-state index in [1.54, 1.807) is 0 Å². The summed E-state index contributed by atoms with van der Waals surface area (Å²) in [7, 11) is 0. The van der Waals surface area contributed by atoms with Crippen molar-refractivity contribution in [1.82, 2.24) is 5.32 Å². The zero-order valence-corrected chi connectivity index (χ0v) is 13.2.